The van der Waals surface area contributed by atoms with Gasteiger partial charge in [-0.05, 0) is 74.8 Å². The van der Waals surface area contributed by atoms with Crippen LogP contribution in [-0.4, -0.2) is 47.4 Å². The summed E-state index contributed by atoms with van der Waals surface area (Å²) in [5.74, 6) is 1.29. The molecule has 0 radical (unpaired) electrons. The molecule has 1 saturated heterocycles. The first-order valence-corrected chi connectivity index (χ1v) is 13.5. The topological polar surface area (TPSA) is 59.1 Å². The van der Waals surface area contributed by atoms with Crippen molar-refractivity contribution in [3.63, 3.8) is 0 Å². The van der Waals surface area contributed by atoms with Crippen molar-refractivity contribution in [2.75, 3.05) is 13.7 Å². The van der Waals surface area contributed by atoms with Gasteiger partial charge in [0.2, 0.25) is 5.91 Å². The summed E-state index contributed by atoms with van der Waals surface area (Å²) in [5, 5.41) is 0. The van der Waals surface area contributed by atoms with E-state index in [1.54, 1.807) is 7.11 Å². The molecular weight excluding hydrogens is 452 g/mol. The van der Waals surface area contributed by atoms with E-state index >= 15 is 0 Å². The van der Waals surface area contributed by atoms with E-state index in [1.165, 1.54) is 17.5 Å². The fourth-order valence-electron chi connectivity index (χ4n) is 6.31. The molecule has 2 aromatic rings. The summed E-state index contributed by atoms with van der Waals surface area (Å²) in [6.07, 6.45) is 8.26. The van der Waals surface area contributed by atoms with Crippen LogP contribution in [0, 0.1) is 0 Å². The zero-order chi connectivity index (χ0) is 25.2. The molecular formula is C30H38N2O4. The molecule has 2 fully saturated rings. The highest BCUT2D eigenvalue weighted by Crippen LogP contribution is 2.44. The van der Waals surface area contributed by atoms with Gasteiger partial charge in [0.1, 0.15) is 12.6 Å². The monoisotopic (exact) mass is 490 g/mol. The molecule has 2 atom stereocenters. The number of rotatable bonds is 6. The molecule has 1 heterocycles. The van der Waals surface area contributed by atoms with Crippen molar-refractivity contribution in [2.45, 2.75) is 89.4 Å². The lowest BCUT2D eigenvalue weighted by molar-refractivity contribution is -0.162. The third-order valence-corrected chi connectivity index (χ3v) is 7.94. The predicted molar refractivity (Wildman–Crippen MR) is 139 cm³/mol. The molecule has 0 aromatic heterocycles. The number of fused-ring (bicyclic) bond motifs is 1. The van der Waals surface area contributed by atoms with Crippen LogP contribution in [0.2, 0.25) is 0 Å². The van der Waals surface area contributed by atoms with Crippen molar-refractivity contribution in [2.24, 2.45) is 0 Å². The highest BCUT2D eigenvalue weighted by Gasteiger charge is 2.46. The quantitative estimate of drug-likeness (QED) is 0.529. The van der Waals surface area contributed by atoms with Gasteiger partial charge in [-0.15, -0.1) is 0 Å². The van der Waals surface area contributed by atoms with Crippen LogP contribution in [0.4, 0.5) is 0 Å². The van der Waals surface area contributed by atoms with Crippen LogP contribution in [0.15, 0.2) is 42.5 Å². The van der Waals surface area contributed by atoms with E-state index in [-0.39, 0.29) is 36.5 Å². The first-order valence-electron chi connectivity index (χ1n) is 13.5. The third-order valence-electron chi connectivity index (χ3n) is 7.94. The number of hydrogen-bond donors (Lipinski definition) is 0. The van der Waals surface area contributed by atoms with Gasteiger partial charge in [0.05, 0.1) is 19.3 Å². The Morgan fingerprint density at radius 2 is 1.69 bits per heavy atom. The highest BCUT2D eigenvalue weighted by atomic mass is 16.5. The van der Waals surface area contributed by atoms with E-state index in [2.05, 4.69) is 18.2 Å². The van der Waals surface area contributed by atoms with Gasteiger partial charge in [0, 0.05) is 6.04 Å². The fourth-order valence-corrected chi connectivity index (χ4v) is 6.31. The van der Waals surface area contributed by atoms with Crippen LogP contribution in [0.5, 0.6) is 11.5 Å². The Morgan fingerprint density at radius 3 is 2.44 bits per heavy atom. The largest absolute Gasteiger partial charge is 0.493 e. The Balaban J connectivity index is 1.57. The smallest absolute Gasteiger partial charge is 0.250 e. The zero-order valence-corrected chi connectivity index (χ0v) is 21.7. The van der Waals surface area contributed by atoms with Gasteiger partial charge in [-0.25, -0.2) is 0 Å². The van der Waals surface area contributed by atoms with Gasteiger partial charge in [0.25, 0.3) is 5.91 Å². The lowest BCUT2D eigenvalue weighted by Crippen LogP contribution is -2.59. The second-order valence-electron chi connectivity index (χ2n) is 10.6. The molecule has 2 aromatic carbocycles. The van der Waals surface area contributed by atoms with Gasteiger partial charge in [-0.1, -0.05) is 49.6 Å². The van der Waals surface area contributed by atoms with Gasteiger partial charge >= 0.3 is 0 Å². The van der Waals surface area contributed by atoms with Crippen molar-refractivity contribution in [1.82, 2.24) is 9.80 Å². The average Bonchev–Trinajstić information content (AvgIpc) is 2.90. The van der Waals surface area contributed by atoms with Crippen LogP contribution in [-0.2, 0) is 16.0 Å². The minimum atomic E-state index is -0.675. The number of benzene rings is 2. The molecule has 36 heavy (non-hydrogen) atoms. The maximum atomic E-state index is 14.3. The molecule has 1 aliphatic heterocycles. The van der Waals surface area contributed by atoms with E-state index in [1.807, 2.05) is 47.9 Å². The summed E-state index contributed by atoms with van der Waals surface area (Å²) in [4.78, 5) is 32.0. The maximum Gasteiger partial charge on any atom is 0.250 e. The number of nitrogens with zero attached hydrogens (tertiary/aromatic N) is 2. The van der Waals surface area contributed by atoms with E-state index < -0.39 is 6.04 Å². The lowest BCUT2D eigenvalue weighted by atomic mass is 9.84. The second kappa shape index (κ2) is 10.5. The van der Waals surface area contributed by atoms with Crippen molar-refractivity contribution in [1.29, 1.82) is 0 Å². The minimum absolute atomic E-state index is 0.000303. The van der Waals surface area contributed by atoms with Gasteiger partial charge in [0.15, 0.2) is 11.5 Å². The number of ether oxygens (including phenoxy) is 2. The molecule has 6 nitrogen and oxygen atoms in total. The van der Waals surface area contributed by atoms with Crippen molar-refractivity contribution >= 4 is 11.8 Å². The predicted octanol–water partition coefficient (Wildman–Crippen LogP) is 5.60. The Morgan fingerprint density at radius 1 is 0.917 bits per heavy atom. The van der Waals surface area contributed by atoms with Gasteiger partial charge in [-0.2, -0.15) is 0 Å². The average molecular weight is 491 g/mol. The van der Waals surface area contributed by atoms with Crippen LogP contribution in [0.3, 0.4) is 0 Å². The molecule has 1 saturated carbocycles. The summed E-state index contributed by atoms with van der Waals surface area (Å²) in [7, 11) is 1.61. The van der Waals surface area contributed by atoms with Crippen LogP contribution >= 0.6 is 0 Å². The summed E-state index contributed by atoms with van der Waals surface area (Å²) in [6, 6.07) is 13.4. The number of aryl methyl sites for hydroxylation is 1. The number of hydrogen-bond acceptors (Lipinski definition) is 4. The molecule has 6 heteroatoms. The van der Waals surface area contributed by atoms with Crippen LogP contribution in [0.1, 0.15) is 87.6 Å². The van der Waals surface area contributed by atoms with E-state index in [4.69, 9.17) is 9.47 Å². The fraction of sp³-hybridized carbons (Fsp3) is 0.533. The summed E-state index contributed by atoms with van der Waals surface area (Å²) in [5.41, 5.74) is 3.23. The summed E-state index contributed by atoms with van der Waals surface area (Å²) < 4.78 is 11.6. The summed E-state index contributed by atoms with van der Waals surface area (Å²) in [6.45, 7) is 4.12. The molecule has 192 valence electrons. The Bertz CT molecular complexity index is 1110. The lowest BCUT2D eigenvalue weighted by Gasteiger charge is -2.48. The van der Waals surface area contributed by atoms with E-state index in [0.29, 0.717) is 11.5 Å². The van der Waals surface area contributed by atoms with E-state index in [9.17, 15) is 9.59 Å². The maximum absolute atomic E-state index is 14.3. The Hall–Kier alpha value is -3.02. The molecule has 3 aliphatic rings. The van der Waals surface area contributed by atoms with Gasteiger partial charge in [-0.3, -0.25) is 9.59 Å². The first kappa shape index (κ1) is 24.7. The molecule has 0 unspecified atom stereocenters. The first-order chi connectivity index (χ1) is 17.5. The van der Waals surface area contributed by atoms with Crippen molar-refractivity contribution in [3.8, 4) is 11.5 Å². The minimum Gasteiger partial charge on any atom is -0.493 e. The highest BCUT2D eigenvalue weighted by molar-refractivity contribution is 5.96. The molecule has 0 N–H and O–H groups in total. The number of amides is 2. The molecule has 0 bridgehead atoms. The molecule has 5 rings (SSSR count). The molecule has 0 spiro atoms. The third kappa shape index (κ3) is 4.70. The zero-order valence-electron chi connectivity index (χ0n) is 21.7. The normalized spacial score (nSPS) is 23.1. The van der Waals surface area contributed by atoms with Crippen molar-refractivity contribution < 1.29 is 19.1 Å². The van der Waals surface area contributed by atoms with E-state index in [0.717, 1.165) is 50.5 Å². The Kier molecular flexibility index (Phi) is 7.22. The van der Waals surface area contributed by atoms with Crippen LogP contribution < -0.4 is 9.47 Å². The summed E-state index contributed by atoms with van der Waals surface area (Å²) >= 11 is 0. The number of carbonyl (C=O) groups is 2. The van der Waals surface area contributed by atoms with Crippen molar-refractivity contribution in [3.05, 3.63) is 59.2 Å². The number of methoxy groups -OCH3 is 1. The van der Waals surface area contributed by atoms with Gasteiger partial charge < -0.3 is 19.3 Å². The number of carbonyl (C=O) groups excluding carboxylic acids is 2. The number of piperazine rings is 1. The molecule has 2 amide bonds. The SMILES string of the molecule is COc1cc([C@@H]2C(=O)N(C3CCCCC3)CC(=O)N2[C@@H]2CCCc3ccccc32)ccc1OC(C)C. The molecule has 2 aliphatic carbocycles. The van der Waals surface area contributed by atoms with Crippen LogP contribution in [0.25, 0.3) is 0 Å². The second-order valence-corrected chi connectivity index (χ2v) is 10.6. The Labute approximate surface area is 214 Å². The standard InChI is InChI=1S/C30H38N2O4/c1-20(2)36-26-17-16-22(18-27(26)35-3)29-30(34)31(23-12-5-4-6-13-23)19-28(33)32(29)25-15-9-11-21-10-7-8-14-24(21)25/h7-8,10,14,16-18,20,23,25,29H,4-6,9,11-13,15,19H2,1-3H3/t25-,29-/m1/s1.